The topological polar surface area (TPSA) is 106 Å². The summed E-state index contributed by atoms with van der Waals surface area (Å²) < 4.78 is 7.57. The van der Waals surface area contributed by atoms with Crippen molar-refractivity contribution in [2.75, 3.05) is 0 Å². The summed E-state index contributed by atoms with van der Waals surface area (Å²) in [7, 11) is 0. The van der Waals surface area contributed by atoms with Gasteiger partial charge in [0.1, 0.15) is 29.9 Å². The lowest BCUT2D eigenvalue weighted by Gasteiger charge is -2.19. The molecule has 1 atom stereocenters. The fraction of sp³-hybridized carbons (Fsp3) is 0.0811. The average molecular weight is 593 g/mol. The number of imidazole rings is 1. The van der Waals surface area contributed by atoms with Crippen LogP contribution in [0.25, 0.3) is 39.0 Å². The van der Waals surface area contributed by atoms with Gasteiger partial charge >= 0.3 is 5.97 Å². The predicted octanol–water partition coefficient (Wildman–Crippen LogP) is 6.49. The van der Waals surface area contributed by atoms with Gasteiger partial charge in [-0.25, -0.2) is 14.8 Å². The highest BCUT2D eigenvalue weighted by molar-refractivity contribution is 6.01. The van der Waals surface area contributed by atoms with Crippen LogP contribution in [0.3, 0.4) is 0 Å². The second-order valence-corrected chi connectivity index (χ2v) is 10.8. The third-order valence-electron chi connectivity index (χ3n) is 7.74. The van der Waals surface area contributed by atoms with Crippen molar-refractivity contribution in [3.63, 3.8) is 0 Å². The van der Waals surface area contributed by atoms with Gasteiger partial charge in [-0.2, -0.15) is 0 Å². The third-order valence-corrected chi connectivity index (χ3v) is 7.74. The Morgan fingerprint density at radius 3 is 2.20 bits per heavy atom. The largest absolute Gasteiger partial charge is 0.507 e. The molecule has 7 rings (SSSR count). The Kier molecular flexibility index (Phi) is 7.37. The van der Waals surface area contributed by atoms with Crippen molar-refractivity contribution >= 4 is 39.5 Å². The molecule has 2 heterocycles. The summed E-state index contributed by atoms with van der Waals surface area (Å²) in [5.41, 5.74) is 5.46. The fourth-order valence-corrected chi connectivity index (χ4v) is 5.50. The molecule has 0 unspecified atom stereocenters. The fourth-order valence-electron chi connectivity index (χ4n) is 5.50. The molecule has 0 saturated heterocycles. The number of aromatic hydroxyl groups is 1. The molecule has 7 aromatic rings. The summed E-state index contributed by atoms with van der Waals surface area (Å²) >= 11 is 0. The van der Waals surface area contributed by atoms with Crippen LogP contribution >= 0.6 is 0 Å². The SMILES string of the molecule is O=C(N[C@@H](Cc1ccccc1)C(=O)OCc1ccccc1)c1cc(-c2nc3ccccc3c3nc4ccccc4n23)ccc1O. The van der Waals surface area contributed by atoms with Crippen molar-refractivity contribution in [1.29, 1.82) is 0 Å². The lowest BCUT2D eigenvalue weighted by Crippen LogP contribution is -2.43. The number of benzene rings is 5. The lowest BCUT2D eigenvalue weighted by molar-refractivity contribution is -0.147. The number of amides is 1. The lowest BCUT2D eigenvalue weighted by atomic mass is 10.0. The molecule has 5 aromatic carbocycles. The zero-order chi connectivity index (χ0) is 30.8. The molecule has 0 aliphatic heterocycles. The number of rotatable bonds is 8. The number of hydrogen-bond acceptors (Lipinski definition) is 6. The Morgan fingerprint density at radius 2 is 1.42 bits per heavy atom. The van der Waals surface area contributed by atoms with Crippen molar-refractivity contribution in [3.8, 4) is 17.1 Å². The number of nitrogens with one attached hydrogen (secondary N) is 1. The van der Waals surface area contributed by atoms with E-state index in [1.807, 2.05) is 114 Å². The molecule has 0 aliphatic carbocycles. The quantitative estimate of drug-likeness (QED) is 0.195. The van der Waals surface area contributed by atoms with Gasteiger partial charge in [0.25, 0.3) is 5.91 Å². The summed E-state index contributed by atoms with van der Waals surface area (Å²) in [6.45, 7) is 0.0735. The number of fused-ring (bicyclic) bond motifs is 5. The Hall–Kier alpha value is -6.02. The number of carbonyl (C=O) groups excluding carboxylic acids is 2. The van der Waals surface area contributed by atoms with E-state index in [1.54, 1.807) is 12.1 Å². The highest BCUT2D eigenvalue weighted by atomic mass is 16.5. The molecular weight excluding hydrogens is 564 g/mol. The minimum atomic E-state index is -0.991. The van der Waals surface area contributed by atoms with Gasteiger partial charge < -0.3 is 15.2 Å². The number of nitrogens with zero attached hydrogens (tertiary/aromatic N) is 3. The van der Waals surface area contributed by atoms with Crippen molar-refractivity contribution in [2.24, 2.45) is 0 Å². The summed E-state index contributed by atoms with van der Waals surface area (Å²) in [4.78, 5) is 36.9. The van der Waals surface area contributed by atoms with E-state index in [0.717, 1.165) is 38.7 Å². The molecule has 0 spiro atoms. The first-order chi connectivity index (χ1) is 22.0. The van der Waals surface area contributed by atoms with Crippen LogP contribution in [0.5, 0.6) is 5.75 Å². The van der Waals surface area contributed by atoms with E-state index in [9.17, 15) is 14.7 Å². The van der Waals surface area contributed by atoms with E-state index in [1.165, 1.54) is 6.07 Å². The molecule has 2 N–H and O–H groups in total. The third kappa shape index (κ3) is 5.57. The first-order valence-electron chi connectivity index (χ1n) is 14.6. The molecule has 8 nitrogen and oxygen atoms in total. The summed E-state index contributed by atoms with van der Waals surface area (Å²) in [6, 6.07) is 38.1. The van der Waals surface area contributed by atoms with Gasteiger partial charge in [0.2, 0.25) is 0 Å². The van der Waals surface area contributed by atoms with Crippen LogP contribution in [-0.2, 0) is 22.6 Å². The van der Waals surface area contributed by atoms with Crippen LogP contribution in [0.2, 0.25) is 0 Å². The Labute approximate surface area is 258 Å². The van der Waals surface area contributed by atoms with E-state index in [-0.39, 0.29) is 24.3 Å². The number of esters is 1. The normalized spacial score (nSPS) is 11.9. The molecule has 0 fully saturated rings. The maximum atomic E-state index is 13.7. The predicted molar refractivity (Wildman–Crippen MR) is 173 cm³/mol. The van der Waals surface area contributed by atoms with E-state index in [4.69, 9.17) is 14.7 Å². The Bertz CT molecular complexity index is 2180. The summed E-state index contributed by atoms with van der Waals surface area (Å²) in [6.07, 6.45) is 0.217. The highest BCUT2D eigenvalue weighted by Crippen LogP contribution is 2.31. The average Bonchev–Trinajstić information content (AvgIpc) is 3.48. The zero-order valence-corrected chi connectivity index (χ0v) is 24.1. The Balaban J connectivity index is 1.25. The first-order valence-corrected chi connectivity index (χ1v) is 14.6. The van der Waals surface area contributed by atoms with Gasteiger partial charge in [0.15, 0.2) is 0 Å². The van der Waals surface area contributed by atoms with Gasteiger partial charge in [0, 0.05) is 17.4 Å². The van der Waals surface area contributed by atoms with E-state index in [2.05, 4.69) is 5.32 Å². The number of carbonyl (C=O) groups is 2. The molecule has 0 aliphatic rings. The maximum Gasteiger partial charge on any atom is 0.329 e. The number of aromatic nitrogens is 3. The van der Waals surface area contributed by atoms with Crippen molar-refractivity contribution < 1.29 is 19.4 Å². The maximum absolute atomic E-state index is 13.7. The van der Waals surface area contributed by atoms with Crippen LogP contribution in [0.15, 0.2) is 127 Å². The molecule has 1 amide bonds. The van der Waals surface area contributed by atoms with Crippen LogP contribution in [-0.4, -0.2) is 37.4 Å². The molecule has 220 valence electrons. The van der Waals surface area contributed by atoms with E-state index in [0.29, 0.717) is 11.4 Å². The number of phenols is 1. The summed E-state index contributed by atoms with van der Waals surface area (Å²) in [5.74, 6) is -0.844. The second kappa shape index (κ2) is 11.9. The van der Waals surface area contributed by atoms with Crippen LogP contribution < -0.4 is 5.32 Å². The minimum Gasteiger partial charge on any atom is -0.507 e. The van der Waals surface area contributed by atoms with Gasteiger partial charge in [-0.05, 0) is 53.6 Å². The monoisotopic (exact) mass is 592 g/mol. The van der Waals surface area contributed by atoms with Gasteiger partial charge in [-0.1, -0.05) is 84.9 Å². The smallest absolute Gasteiger partial charge is 0.329 e. The minimum absolute atomic E-state index is 0.00829. The molecule has 2 aromatic heterocycles. The molecule has 0 bridgehead atoms. The number of phenolic OH excluding ortho intramolecular Hbond substituents is 1. The van der Waals surface area contributed by atoms with Crippen molar-refractivity contribution in [3.05, 3.63) is 144 Å². The van der Waals surface area contributed by atoms with Gasteiger partial charge in [-0.3, -0.25) is 9.20 Å². The number of para-hydroxylation sites is 3. The standard InChI is InChI=1S/C37H28N4O4/c42-33-20-19-26(34-38-29-16-8-7-15-27(29)35-39-30-17-9-10-18-32(30)41(34)35)22-28(33)36(43)40-31(21-24-11-3-1-4-12-24)37(44)45-23-25-13-5-2-6-14-25/h1-20,22,31,42H,21,23H2,(H,40,43)/t31-/m0/s1. The van der Waals surface area contributed by atoms with Crippen molar-refractivity contribution in [2.45, 2.75) is 19.1 Å². The zero-order valence-electron chi connectivity index (χ0n) is 24.1. The molecule has 8 heteroatoms. The highest BCUT2D eigenvalue weighted by Gasteiger charge is 2.26. The van der Waals surface area contributed by atoms with E-state index < -0.39 is 17.9 Å². The van der Waals surface area contributed by atoms with Gasteiger partial charge in [0.05, 0.1) is 22.1 Å². The van der Waals surface area contributed by atoms with Gasteiger partial charge in [-0.15, -0.1) is 0 Å². The van der Waals surface area contributed by atoms with Crippen LogP contribution in [0, 0.1) is 0 Å². The van der Waals surface area contributed by atoms with Crippen LogP contribution in [0.1, 0.15) is 21.5 Å². The van der Waals surface area contributed by atoms with E-state index >= 15 is 0 Å². The summed E-state index contributed by atoms with van der Waals surface area (Å²) in [5, 5.41) is 14.6. The van der Waals surface area contributed by atoms with Crippen LogP contribution in [0.4, 0.5) is 0 Å². The molecule has 0 radical (unpaired) electrons. The first kappa shape index (κ1) is 27.8. The Morgan fingerprint density at radius 1 is 0.756 bits per heavy atom. The molecule has 45 heavy (non-hydrogen) atoms. The molecular formula is C37H28N4O4. The number of hydrogen-bond donors (Lipinski definition) is 2. The number of ether oxygens (including phenoxy) is 1. The second-order valence-electron chi connectivity index (χ2n) is 10.8. The van der Waals surface area contributed by atoms with Crippen molar-refractivity contribution in [1.82, 2.24) is 19.7 Å². The molecule has 0 saturated carbocycles.